The number of hydrogen-bond acceptors (Lipinski definition) is 4. The molecule has 0 aliphatic heterocycles. The quantitative estimate of drug-likeness (QED) is 0.713. The van der Waals surface area contributed by atoms with Gasteiger partial charge in [0, 0.05) is 25.6 Å². The first kappa shape index (κ1) is 13.2. The molecule has 0 unspecified atom stereocenters. The van der Waals surface area contributed by atoms with Crippen molar-refractivity contribution in [3.8, 4) is 0 Å². The smallest absolute Gasteiger partial charge is 0.224 e. The molecule has 1 aromatic heterocycles. The third-order valence-corrected chi connectivity index (χ3v) is 2.34. The lowest BCUT2D eigenvalue weighted by Crippen LogP contribution is -2.34. The highest BCUT2D eigenvalue weighted by Crippen LogP contribution is 2.12. The Hall–Kier alpha value is -1.85. The lowest BCUT2D eigenvalue weighted by Gasteiger charge is -2.05. The molecular formula is C11H17N3O3. The molecule has 6 heteroatoms. The number of aryl methyl sites for hydroxylation is 2. The monoisotopic (exact) mass is 239 g/mol. The van der Waals surface area contributed by atoms with Crippen molar-refractivity contribution in [3.05, 3.63) is 17.0 Å². The molecule has 0 bridgehead atoms. The predicted molar refractivity (Wildman–Crippen MR) is 61.4 cm³/mol. The van der Waals surface area contributed by atoms with E-state index in [-0.39, 0.29) is 18.2 Å². The van der Waals surface area contributed by atoms with Crippen molar-refractivity contribution in [1.29, 1.82) is 0 Å². The molecule has 0 aliphatic rings. The summed E-state index contributed by atoms with van der Waals surface area (Å²) in [5, 5.41) is 9.08. The normalized spacial score (nSPS) is 10.1. The van der Waals surface area contributed by atoms with Crippen LogP contribution >= 0.6 is 0 Å². The van der Waals surface area contributed by atoms with Crippen LogP contribution in [-0.4, -0.2) is 30.1 Å². The molecule has 0 aromatic carbocycles. The average Bonchev–Trinajstić information content (AvgIpc) is 2.56. The maximum atomic E-state index is 11.6. The van der Waals surface area contributed by atoms with Crippen molar-refractivity contribution in [2.45, 2.75) is 27.2 Å². The molecular weight excluding hydrogens is 222 g/mol. The van der Waals surface area contributed by atoms with Gasteiger partial charge in [-0.2, -0.15) is 0 Å². The van der Waals surface area contributed by atoms with Gasteiger partial charge >= 0.3 is 0 Å². The minimum Gasteiger partial charge on any atom is -0.361 e. The molecule has 0 atom stereocenters. The van der Waals surface area contributed by atoms with Gasteiger partial charge in [0.15, 0.2) is 0 Å². The molecule has 1 rings (SSSR count). The summed E-state index contributed by atoms with van der Waals surface area (Å²) in [6.45, 7) is 5.87. The molecule has 1 aromatic rings. The van der Waals surface area contributed by atoms with Crippen molar-refractivity contribution >= 4 is 11.8 Å². The molecule has 94 valence electrons. The molecule has 0 saturated carbocycles. The van der Waals surface area contributed by atoms with Gasteiger partial charge in [0.1, 0.15) is 5.76 Å². The molecule has 17 heavy (non-hydrogen) atoms. The Balaban J connectivity index is 2.33. The summed E-state index contributed by atoms with van der Waals surface area (Å²) in [7, 11) is 0. The largest absolute Gasteiger partial charge is 0.361 e. The van der Waals surface area contributed by atoms with Gasteiger partial charge in [-0.15, -0.1) is 0 Å². The Bertz CT molecular complexity index is 393. The van der Waals surface area contributed by atoms with Crippen LogP contribution in [0.4, 0.5) is 0 Å². The highest BCUT2D eigenvalue weighted by molar-refractivity contribution is 5.79. The van der Waals surface area contributed by atoms with E-state index in [2.05, 4.69) is 15.8 Å². The summed E-state index contributed by atoms with van der Waals surface area (Å²) in [5.74, 6) is 0.453. The maximum absolute atomic E-state index is 11.6. The van der Waals surface area contributed by atoms with E-state index in [0.717, 1.165) is 11.3 Å². The van der Waals surface area contributed by atoms with E-state index in [9.17, 15) is 9.59 Å². The molecule has 0 saturated heterocycles. The molecule has 6 nitrogen and oxygen atoms in total. The van der Waals surface area contributed by atoms with E-state index in [1.54, 1.807) is 13.8 Å². The lowest BCUT2D eigenvalue weighted by atomic mass is 10.1. The third kappa shape index (κ3) is 4.26. The zero-order valence-electron chi connectivity index (χ0n) is 10.3. The topological polar surface area (TPSA) is 84.2 Å². The van der Waals surface area contributed by atoms with Crippen molar-refractivity contribution in [2.24, 2.45) is 0 Å². The first-order chi connectivity index (χ1) is 8.00. The number of carbonyl (C=O) groups is 2. The number of aromatic nitrogens is 1. The van der Waals surface area contributed by atoms with Crippen LogP contribution in [0.3, 0.4) is 0 Å². The fraction of sp³-hybridized carbons (Fsp3) is 0.545. The fourth-order valence-corrected chi connectivity index (χ4v) is 1.42. The third-order valence-electron chi connectivity index (χ3n) is 2.34. The Morgan fingerprint density at radius 3 is 2.41 bits per heavy atom. The van der Waals surface area contributed by atoms with Gasteiger partial charge < -0.3 is 15.2 Å². The van der Waals surface area contributed by atoms with E-state index >= 15 is 0 Å². The zero-order chi connectivity index (χ0) is 12.8. The van der Waals surface area contributed by atoms with Gasteiger partial charge in [-0.05, 0) is 13.8 Å². The molecule has 1 heterocycles. The Morgan fingerprint density at radius 2 is 1.88 bits per heavy atom. The van der Waals surface area contributed by atoms with Crippen LogP contribution in [0.2, 0.25) is 0 Å². The van der Waals surface area contributed by atoms with Gasteiger partial charge in [0.05, 0.1) is 12.1 Å². The summed E-state index contributed by atoms with van der Waals surface area (Å²) in [6.07, 6.45) is 0.251. The van der Waals surface area contributed by atoms with E-state index < -0.39 is 0 Å². The van der Waals surface area contributed by atoms with Crippen LogP contribution in [0, 0.1) is 13.8 Å². The van der Waals surface area contributed by atoms with E-state index in [0.29, 0.717) is 18.8 Å². The van der Waals surface area contributed by atoms with E-state index in [1.807, 2.05) is 0 Å². The number of nitrogens with one attached hydrogen (secondary N) is 2. The van der Waals surface area contributed by atoms with Gasteiger partial charge in [0.2, 0.25) is 11.8 Å². The summed E-state index contributed by atoms with van der Waals surface area (Å²) < 4.78 is 4.97. The first-order valence-electron chi connectivity index (χ1n) is 5.43. The Kier molecular flexibility index (Phi) is 4.68. The summed E-state index contributed by atoms with van der Waals surface area (Å²) >= 11 is 0. The van der Waals surface area contributed by atoms with Crippen molar-refractivity contribution < 1.29 is 14.1 Å². The molecule has 2 amide bonds. The van der Waals surface area contributed by atoms with Crippen molar-refractivity contribution in [2.75, 3.05) is 13.1 Å². The van der Waals surface area contributed by atoms with Crippen molar-refractivity contribution in [3.63, 3.8) is 0 Å². The minimum absolute atomic E-state index is 0.107. The molecule has 0 radical (unpaired) electrons. The van der Waals surface area contributed by atoms with Crippen LogP contribution in [0.25, 0.3) is 0 Å². The molecule has 0 spiro atoms. The maximum Gasteiger partial charge on any atom is 0.224 e. The number of carbonyl (C=O) groups excluding carboxylic acids is 2. The van der Waals surface area contributed by atoms with E-state index in [4.69, 9.17) is 4.52 Å². The lowest BCUT2D eigenvalue weighted by molar-refractivity contribution is -0.121. The second-order valence-corrected chi connectivity index (χ2v) is 3.81. The standard InChI is InChI=1S/C11H17N3O3/c1-7-10(8(2)17-14-7)6-11(16)13-5-4-12-9(3)15/h4-6H2,1-3H3,(H,12,15)(H,13,16). The summed E-state index contributed by atoms with van der Waals surface area (Å²) in [6, 6.07) is 0. The molecule has 2 N–H and O–H groups in total. The van der Waals surface area contributed by atoms with Crippen molar-refractivity contribution in [1.82, 2.24) is 15.8 Å². The van der Waals surface area contributed by atoms with Crippen LogP contribution in [-0.2, 0) is 16.0 Å². The number of amides is 2. The van der Waals surface area contributed by atoms with Crippen LogP contribution in [0.1, 0.15) is 23.9 Å². The first-order valence-corrected chi connectivity index (χ1v) is 5.43. The Labute approximate surface area is 99.7 Å². The van der Waals surface area contributed by atoms with Gasteiger partial charge in [-0.3, -0.25) is 9.59 Å². The molecule has 0 aliphatic carbocycles. The van der Waals surface area contributed by atoms with Gasteiger partial charge in [0.25, 0.3) is 0 Å². The number of rotatable bonds is 5. The zero-order valence-corrected chi connectivity index (χ0v) is 10.3. The average molecular weight is 239 g/mol. The van der Waals surface area contributed by atoms with Crippen LogP contribution in [0.5, 0.6) is 0 Å². The van der Waals surface area contributed by atoms with E-state index in [1.165, 1.54) is 6.92 Å². The Morgan fingerprint density at radius 1 is 1.24 bits per heavy atom. The number of hydrogen-bond donors (Lipinski definition) is 2. The summed E-state index contributed by atoms with van der Waals surface area (Å²) in [5.41, 5.74) is 1.56. The summed E-state index contributed by atoms with van der Waals surface area (Å²) in [4.78, 5) is 22.2. The number of nitrogens with zero attached hydrogens (tertiary/aromatic N) is 1. The predicted octanol–water partition coefficient (Wildman–Crippen LogP) is 0.0862. The fourth-order valence-electron chi connectivity index (χ4n) is 1.42. The highest BCUT2D eigenvalue weighted by Gasteiger charge is 2.12. The highest BCUT2D eigenvalue weighted by atomic mass is 16.5. The van der Waals surface area contributed by atoms with Crippen LogP contribution < -0.4 is 10.6 Å². The SMILES string of the molecule is CC(=O)NCCNC(=O)Cc1c(C)noc1C. The molecule has 0 fully saturated rings. The second kappa shape index (κ2) is 6.03. The minimum atomic E-state index is -0.107. The second-order valence-electron chi connectivity index (χ2n) is 3.81. The van der Waals surface area contributed by atoms with Crippen LogP contribution in [0.15, 0.2) is 4.52 Å². The van der Waals surface area contributed by atoms with Gasteiger partial charge in [-0.25, -0.2) is 0 Å². The van der Waals surface area contributed by atoms with Gasteiger partial charge in [-0.1, -0.05) is 5.16 Å².